The summed E-state index contributed by atoms with van der Waals surface area (Å²) in [5, 5.41) is 0. The molecule has 0 radical (unpaired) electrons. The average molecular weight is 173 g/mol. The van der Waals surface area contributed by atoms with E-state index in [0.29, 0.717) is 5.54 Å². The molecule has 0 fully saturated rings. The molecule has 0 spiro atoms. The third-order valence-corrected chi connectivity index (χ3v) is 2.37. The van der Waals surface area contributed by atoms with Crippen molar-refractivity contribution in [1.82, 2.24) is 4.90 Å². The fourth-order valence-electron chi connectivity index (χ4n) is 1.23. The van der Waals surface area contributed by atoms with Crippen LogP contribution >= 0.6 is 0 Å². The average Bonchev–Trinajstić information content (AvgIpc) is 2.06. The zero-order valence-corrected chi connectivity index (χ0v) is 10.1. The molecule has 0 rings (SSSR count). The Balaban J connectivity index is 0. The molecule has 0 aliphatic heterocycles. The van der Waals surface area contributed by atoms with Gasteiger partial charge < -0.3 is 4.90 Å². The van der Waals surface area contributed by atoms with Gasteiger partial charge in [-0.2, -0.15) is 0 Å². The molecule has 0 amide bonds. The second kappa shape index (κ2) is 7.60. The SMILES string of the molecule is CC.CCCC(C)(C)N(C)CC. The highest BCUT2D eigenvalue weighted by Crippen LogP contribution is 2.17. The Labute approximate surface area is 79.2 Å². The Morgan fingerprint density at radius 3 is 1.75 bits per heavy atom. The standard InChI is InChI=1S/C9H21N.C2H6/c1-6-8-9(3,4)10(5)7-2;1-2/h6-8H2,1-5H3;1-2H3. The van der Waals surface area contributed by atoms with Crippen molar-refractivity contribution in [2.24, 2.45) is 0 Å². The molecule has 0 aromatic carbocycles. The van der Waals surface area contributed by atoms with Crippen molar-refractivity contribution < 1.29 is 0 Å². The lowest BCUT2D eigenvalue weighted by atomic mass is 9.97. The van der Waals surface area contributed by atoms with Crippen LogP contribution in [0.2, 0.25) is 0 Å². The smallest absolute Gasteiger partial charge is 0.0150 e. The highest BCUT2D eigenvalue weighted by molar-refractivity contribution is 4.77. The van der Waals surface area contributed by atoms with E-state index in [1.54, 1.807) is 0 Å². The van der Waals surface area contributed by atoms with Crippen LogP contribution in [-0.4, -0.2) is 24.0 Å². The summed E-state index contributed by atoms with van der Waals surface area (Å²) in [6.45, 7) is 14.2. The summed E-state index contributed by atoms with van der Waals surface area (Å²) < 4.78 is 0. The minimum atomic E-state index is 0.392. The first-order valence-electron chi connectivity index (χ1n) is 5.25. The summed E-state index contributed by atoms with van der Waals surface area (Å²) in [6, 6.07) is 0. The highest BCUT2D eigenvalue weighted by atomic mass is 15.2. The first kappa shape index (κ1) is 14.5. The third kappa shape index (κ3) is 5.59. The summed E-state index contributed by atoms with van der Waals surface area (Å²) >= 11 is 0. The van der Waals surface area contributed by atoms with E-state index in [0.717, 1.165) is 6.54 Å². The van der Waals surface area contributed by atoms with E-state index in [1.165, 1.54) is 12.8 Å². The normalized spacial score (nSPS) is 11.0. The molecular weight excluding hydrogens is 146 g/mol. The monoisotopic (exact) mass is 173 g/mol. The Bertz CT molecular complexity index is 87.0. The zero-order valence-electron chi connectivity index (χ0n) is 10.1. The molecule has 0 bridgehead atoms. The first-order valence-corrected chi connectivity index (χ1v) is 5.25. The second-order valence-electron chi connectivity index (χ2n) is 3.58. The molecule has 0 heterocycles. The van der Waals surface area contributed by atoms with Gasteiger partial charge >= 0.3 is 0 Å². The minimum Gasteiger partial charge on any atom is -0.302 e. The summed E-state index contributed by atoms with van der Waals surface area (Å²) in [5.41, 5.74) is 0.392. The van der Waals surface area contributed by atoms with Crippen LogP contribution in [0, 0.1) is 0 Å². The van der Waals surface area contributed by atoms with Crippen molar-refractivity contribution in [2.75, 3.05) is 13.6 Å². The van der Waals surface area contributed by atoms with E-state index in [-0.39, 0.29) is 0 Å². The Kier molecular flexibility index (Phi) is 9.17. The van der Waals surface area contributed by atoms with Gasteiger partial charge in [-0.05, 0) is 33.9 Å². The summed E-state index contributed by atoms with van der Waals surface area (Å²) in [4.78, 5) is 2.40. The molecule has 0 N–H and O–H groups in total. The largest absolute Gasteiger partial charge is 0.302 e. The topological polar surface area (TPSA) is 3.24 Å². The molecule has 12 heavy (non-hydrogen) atoms. The molecule has 76 valence electrons. The molecule has 0 aromatic heterocycles. The van der Waals surface area contributed by atoms with Crippen LogP contribution in [0.1, 0.15) is 54.4 Å². The van der Waals surface area contributed by atoms with Crippen LogP contribution in [0.5, 0.6) is 0 Å². The van der Waals surface area contributed by atoms with E-state index in [9.17, 15) is 0 Å². The summed E-state index contributed by atoms with van der Waals surface area (Å²) in [7, 11) is 2.19. The maximum atomic E-state index is 2.40. The Morgan fingerprint density at radius 2 is 1.50 bits per heavy atom. The lowest BCUT2D eigenvalue weighted by Crippen LogP contribution is -2.40. The number of nitrogens with zero attached hydrogens (tertiary/aromatic N) is 1. The van der Waals surface area contributed by atoms with Gasteiger partial charge in [0.15, 0.2) is 0 Å². The van der Waals surface area contributed by atoms with Gasteiger partial charge in [-0.3, -0.25) is 0 Å². The van der Waals surface area contributed by atoms with Crippen LogP contribution in [0.3, 0.4) is 0 Å². The highest BCUT2D eigenvalue weighted by Gasteiger charge is 2.19. The molecule has 0 saturated heterocycles. The van der Waals surface area contributed by atoms with Crippen molar-refractivity contribution in [2.45, 2.75) is 59.9 Å². The van der Waals surface area contributed by atoms with Gasteiger partial charge in [0.25, 0.3) is 0 Å². The van der Waals surface area contributed by atoms with Gasteiger partial charge in [0, 0.05) is 5.54 Å². The molecule has 1 heteroatoms. The molecule has 0 aliphatic rings. The first-order chi connectivity index (χ1) is 5.54. The van der Waals surface area contributed by atoms with E-state index in [1.807, 2.05) is 13.8 Å². The van der Waals surface area contributed by atoms with Crippen LogP contribution in [0.4, 0.5) is 0 Å². The Hall–Kier alpha value is -0.0400. The number of hydrogen-bond donors (Lipinski definition) is 0. The molecular formula is C11H27N. The van der Waals surface area contributed by atoms with Crippen molar-refractivity contribution in [1.29, 1.82) is 0 Å². The predicted octanol–water partition coefficient (Wildman–Crippen LogP) is 3.54. The van der Waals surface area contributed by atoms with Crippen LogP contribution in [0.15, 0.2) is 0 Å². The van der Waals surface area contributed by atoms with Crippen LogP contribution in [-0.2, 0) is 0 Å². The molecule has 0 atom stereocenters. The van der Waals surface area contributed by atoms with E-state index >= 15 is 0 Å². The lowest BCUT2D eigenvalue weighted by Gasteiger charge is -2.34. The quantitative estimate of drug-likeness (QED) is 0.628. The fraction of sp³-hybridized carbons (Fsp3) is 1.00. The van der Waals surface area contributed by atoms with Gasteiger partial charge in [0.2, 0.25) is 0 Å². The molecule has 0 aromatic rings. The third-order valence-electron chi connectivity index (χ3n) is 2.37. The minimum absolute atomic E-state index is 0.392. The fourth-order valence-corrected chi connectivity index (χ4v) is 1.23. The number of hydrogen-bond acceptors (Lipinski definition) is 1. The van der Waals surface area contributed by atoms with Crippen molar-refractivity contribution in [3.63, 3.8) is 0 Å². The van der Waals surface area contributed by atoms with Crippen molar-refractivity contribution in [3.8, 4) is 0 Å². The molecule has 0 aliphatic carbocycles. The van der Waals surface area contributed by atoms with E-state index in [4.69, 9.17) is 0 Å². The van der Waals surface area contributed by atoms with Crippen molar-refractivity contribution in [3.05, 3.63) is 0 Å². The van der Waals surface area contributed by atoms with Crippen LogP contribution < -0.4 is 0 Å². The van der Waals surface area contributed by atoms with Gasteiger partial charge in [-0.25, -0.2) is 0 Å². The molecule has 0 unspecified atom stereocenters. The maximum Gasteiger partial charge on any atom is 0.0150 e. The zero-order chi connectivity index (χ0) is 10.2. The van der Waals surface area contributed by atoms with Crippen molar-refractivity contribution >= 4 is 0 Å². The van der Waals surface area contributed by atoms with Gasteiger partial charge in [0.05, 0.1) is 0 Å². The van der Waals surface area contributed by atoms with Gasteiger partial charge in [0.1, 0.15) is 0 Å². The lowest BCUT2D eigenvalue weighted by molar-refractivity contribution is 0.152. The Morgan fingerprint density at radius 1 is 1.08 bits per heavy atom. The van der Waals surface area contributed by atoms with Crippen LogP contribution in [0.25, 0.3) is 0 Å². The van der Waals surface area contributed by atoms with Gasteiger partial charge in [-0.15, -0.1) is 0 Å². The summed E-state index contributed by atoms with van der Waals surface area (Å²) in [5.74, 6) is 0. The van der Waals surface area contributed by atoms with E-state index < -0.39 is 0 Å². The van der Waals surface area contributed by atoms with E-state index in [2.05, 4.69) is 39.6 Å². The second-order valence-corrected chi connectivity index (χ2v) is 3.58. The molecule has 0 saturated carbocycles. The number of rotatable bonds is 4. The summed E-state index contributed by atoms with van der Waals surface area (Å²) in [6.07, 6.45) is 2.56. The maximum absolute atomic E-state index is 2.40. The molecule has 1 nitrogen and oxygen atoms in total. The van der Waals surface area contributed by atoms with Gasteiger partial charge in [-0.1, -0.05) is 34.1 Å². The predicted molar refractivity (Wildman–Crippen MR) is 58.6 cm³/mol.